The Bertz CT molecular complexity index is 373. The lowest BCUT2D eigenvalue weighted by Crippen LogP contribution is -2.28. The number of nitrogens with zero attached hydrogens (tertiary/aromatic N) is 1. The average molecular weight is 226 g/mol. The summed E-state index contributed by atoms with van der Waals surface area (Å²) < 4.78 is 6.53. The maximum absolute atomic E-state index is 11.2. The molecule has 0 aromatic carbocycles. The van der Waals surface area contributed by atoms with Gasteiger partial charge in [-0.3, -0.25) is 4.79 Å². The van der Waals surface area contributed by atoms with Crippen LogP contribution in [-0.4, -0.2) is 34.8 Å². The minimum atomic E-state index is -1.09. The zero-order chi connectivity index (χ0) is 12.0. The molecule has 0 aliphatic carbocycles. The first-order valence-corrected chi connectivity index (χ1v) is 4.76. The average Bonchev–Trinajstić information content (AvgIpc) is 2.60. The second kappa shape index (κ2) is 5.92. The Morgan fingerprint density at radius 2 is 2.25 bits per heavy atom. The summed E-state index contributed by atoms with van der Waals surface area (Å²) in [7, 11) is 1.88. The summed E-state index contributed by atoms with van der Waals surface area (Å²) in [5.74, 6) is -1.42. The third-order valence-corrected chi connectivity index (χ3v) is 1.98. The van der Waals surface area contributed by atoms with E-state index in [9.17, 15) is 9.59 Å². The summed E-state index contributed by atoms with van der Waals surface area (Å²) in [5, 5.41) is 10.9. The fourth-order valence-corrected chi connectivity index (χ4v) is 1.15. The van der Waals surface area contributed by atoms with Crippen LogP contribution in [0, 0.1) is 0 Å². The summed E-state index contributed by atoms with van der Waals surface area (Å²) in [6.45, 7) is -0.299. The largest absolute Gasteiger partial charge is 0.480 e. The zero-order valence-corrected chi connectivity index (χ0v) is 8.97. The van der Waals surface area contributed by atoms with Gasteiger partial charge in [0.15, 0.2) is 0 Å². The quantitative estimate of drug-likeness (QED) is 0.700. The fraction of sp³-hybridized carbons (Fsp3) is 0.400. The van der Waals surface area contributed by atoms with Crippen molar-refractivity contribution in [2.75, 3.05) is 13.2 Å². The highest BCUT2D eigenvalue weighted by atomic mass is 16.5. The molecule has 6 nitrogen and oxygen atoms in total. The van der Waals surface area contributed by atoms with Crippen molar-refractivity contribution in [3.05, 3.63) is 24.0 Å². The molecule has 2 N–H and O–H groups in total. The highest BCUT2D eigenvalue weighted by Crippen LogP contribution is 1.97. The maximum atomic E-state index is 11.2. The van der Waals surface area contributed by atoms with Gasteiger partial charge in [-0.1, -0.05) is 0 Å². The molecule has 1 heterocycles. The number of hydrogen-bond acceptors (Lipinski definition) is 3. The Kier molecular flexibility index (Phi) is 4.53. The fourth-order valence-electron chi connectivity index (χ4n) is 1.15. The smallest absolute Gasteiger partial charge is 0.329 e. The van der Waals surface area contributed by atoms with Gasteiger partial charge in [0, 0.05) is 18.9 Å². The van der Waals surface area contributed by atoms with E-state index < -0.39 is 12.6 Å². The van der Waals surface area contributed by atoms with Crippen LogP contribution >= 0.6 is 0 Å². The first kappa shape index (κ1) is 12.3. The Morgan fingerprint density at radius 1 is 1.50 bits per heavy atom. The molecule has 0 unspecified atom stereocenters. The molecule has 0 bridgehead atoms. The van der Waals surface area contributed by atoms with Gasteiger partial charge in [-0.2, -0.15) is 0 Å². The van der Waals surface area contributed by atoms with Crippen LogP contribution in [0.3, 0.4) is 0 Å². The number of carbonyl (C=O) groups is 2. The molecule has 0 spiro atoms. The molecule has 1 aromatic rings. The Balaban J connectivity index is 2.20. The van der Waals surface area contributed by atoms with Crippen molar-refractivity contribution in [2.24, 2.45) is 7.05 Å². The SMILES string of the molecule is Cn1cccc1CNC(=O)COCC(=O)O. The van der Waals surface area contributed by atoms with Crippen molar-refractivity contribution in [1.82, 2.24) is 9.88 Å². The van der Waals surface area contributed by atoms with Gasteiger partial charge >= 0.3 is 5.97 Å². The highest BCUT2D eigenvalue weighted by molar-refractivity contribution is 5.77. The van der Waals surface area contributed by atoms with Crippen molar-refractivity contribution in [3.8, 4) is 0 Å². The molecule has 0 aliphatic rings. The van der Waals surface area contributed by atoms with E-state index in [1.54, 1.807) is 0 Å². The lowest BCUT2D eigenvalue weighted by atomic mass is 10.4. The number of aliphatic carboxylic acids is 1. The number of rotatable bonds is 6. The van der Waals surface area contributed by atoms with Gasteiger partial charge < -0.3 is 19.7 Å². The molecule has 0 atom stereocenters. The van der Waals surface area contributed by atoms with Crippen LogP contribution in [0.4, 0.5) is 0 Å². The van der Waals surface area contributed by atoms with Crippen molar-refractivity contribution in [1.29, 1.82) is 0 Å². The standard InChI is InChI=1S/C10H14N2O4/c1-12-4-2-3-8(12)5-11-9(13)6-16-7-10(14)15/h2-4H,5-7H2,1H3,(H,11,13)(H,14,15). The van der Waals surface area contributed by atoms with E-state index >= 15 is 0 Å². The number of hydrogen-bond donors (Lipinski definition) is 2. The zero-order valence-electron chi connectivity index (χ0n) is 8.97. The van der Waals surface area contributed by atoms with Gasteiger partial charge in [0.1, 0.15) is 13.2 Å². The Morgan fingerprint density at radius 3 is 2.81 bits per heavy atom. The third kappa shape index (κ3) is 4.14. The molecular weight excluding hydrogens is 212 g/mol. The molecular formula is C10H14N2O4. The molecule has 0 saturated carbocycles. The van der Waals surface area contributed by atoms with Crippen LogP contribution in [0.1, 0.15) is 5.69 Å². The number of amides is 1. The van der Waals surface area contributed by atoms with Gasteiger partial charge in [-0.25, -0.2) is 4.79 Å². The summed E-state index contributed by atoms with van der Waals surface area (Å²) in [6.07, 6.45) is 1.88. The second-order valence-electron chi connectivity index (χ2n) is 3.27. The van der Waals surface area contributed by atoms with E-state index in [0.717, 1.165) is 5.69 Å². The molecule has 16 heavy (non-hydrogen) atoms. The number of aryl methyl sites for hydroxylation is 1. The van der Waals surface area contributed by atoms with Gasteiger partial charge in [0.05, 0.1) is 6.54 Å². The van der Waals surface area contributed by atoms with E-state index in [1.165, 1.54) is 0 Å². The van der Waals surface area contributed by atoms with Crippen molar-refractivity contribution in [3.63, 3.8) is 0 Å². The van der Waals surface area contributed by atoms with Crippen LogP contribution in [0.5, 0.6) is 0 Å². The van der Waals surface area contributed by atoms with Crippen LogP contribution in [-0.2, 0) is 27.9 Å². The van der Waals surface area contributed by atoms with Crippen LogP contribution < -0.4 is 5.32 Å². The molecule has 1 amide bonds. The normalized spacial score (nSPS) is 10.1. The molecule has 1 aromatic heterocycles. The molecule has 0 aliphatic heterocycles. The lowest BCUT2D eigenvalue weighted by Gasteiger charge is -2.06. The molecule has 6 heteroatoms. The van der Waals surface area contributed by atoms with E-state index in [-0.39, 0.29) is 12.5 Å². The number of nitrogens with one attached hydrogen (secondary N) is 1. The highest BCUT2D eigenvalue weighted by Gasteiger charge is 2.04. The molecule has 0 radical (unpaired) electrons. The van der Waals surface area contributed by atoms with Crippen LogP contribution in [0.25, 0.3) is 0 Å². The first-order valence-electron chi connectivity index (χ1n) is 4.76. The molecule has 0 fully saturated rings. The number of ether oxygens (including phenoxy) is 1. The maximum Gasteiger partial charge on any atom is 0.329 e. The van der Waals surface area contributed by atoms with Crippen molar-refractivity contribution < 1.29 is 19.4 Å². The van der Waals surface area contributed by atoms with E-state index in [1.807, 2.05) is 29.9 Å². The van der Waals surface area contributed by atoms with Gasteiger partial charge in [0.2, 0.25) is 5.91 Å². The second-order valence-corrected chi connectivity index (χ2v) is 3.27. The van der Waals surface area contributed by atoms with E-state index in [0.29, 0.717) is 6.54 Å². The van der Waals surface area contributed by atoms with Crippen LogP contribution in [0.15, 0.2) is 18.3 Å². The molecule has 1 rings (SSSR count). The number of carboxylic acid groups (broad SMARTS) is 1. The number of aromatic nitrogens is 1. The summed E-state index contributed by atoms with van der Waals surface area (Å²) in [6, 6.07) is 3.76. The van der Waals surface area contributed by atoms with E-state index in [2.05, 4.69) is 10.1 Å². The van der Waals surface area contributed by atoms with Gasteiger partial charge in [-0.05, 0) is 12.1 Å². The van der Waals surface area contributed by atoms with Gasteiger partial charge in [0.25, 0.3) is 0 Å². The minimum Gasteiger partial charge on any atom is -0.480 e. The summed E-state index contributed by atoms with van der Waals surface area (Å²) in [5.41, 5.74) is 0.964. The van der Waals surface area contributed by atoms with Crippen LogP contribution in [0.2, 0.25) is 0 Å². The minimum absolute atomic E-state index is 0.239. The van der Waals surface area contributed by atoms with Gasteiger partial charge in [-0.15, -0.1) is 0 Å². The predicted octanol–water partition coefficient (Wildman–Crippen LogP) is -0.258. The monoisotopic (exact) mass is 226 g/mol. The lowest BCUT2D eigenvalue weighted by molar-refractivity contribution is -0.143. The van der Waals surface area contributed by atoms with E-state index in [4.69, 9.17) is 5.11 Å². The Hall–Kier alpha value is -1.82. The van der Waals surface area contributed by atoms with Crippen molar-refractivity contribution >= 4 is 11.9 Å². The first-order chi connectivity index (χ1) is 7.59. The molecule has 88 valence electrons. The summed E-state index contributed by atoms with van der Waals surface area (Å²) >= 11 is 0. The number of carbonyl (C=O) groups excluding carboxylic acids is 1. The van der Waals surface area contributed by atoms with Crippen molar-refractivity contribution in [2.45, 2.75) is 6.54 Å². The summed E-state index contributed by atoms with van der Waals surface area (Å²) in [4.78, 5) is 21.3. The topological polar surface area (TPSA) is 80.6 Å². The Labute approximate surface area is 92.8 Å². The molecule has 0 saturated heterocycles. The number of carboxylic acids is 1. The third-order valence-electron chi connectivity index (χ3n) is 1.98. The predicted molar refractivity (Wildman–Crippen MR) is 55.7 cm³/mol.